The third-order valence-electron chi connectivity index (χ3n) is 1.24. The number of nitrogens with one attached hydrogen (secondary N) is 1. The molecule has 0 radical (unpaired) electrons. The van der Waals surface area contributed by atoms with Crippen molar-refractivity contribution in [1.82, 2.24) is 9.97 Å². The number of nitrogens with zero attached hydrogens (tertiary/aromatic N) is 1. The normalized spacial score (nSPS) is 9.55. The molecule has 0 aliphatic heterocycles. The zero-order valence-corrected chi connectivity index (χ0v) is 5.79. The molecule has 1 aromatic heterocycles. The van der Waals surface area contributed by atoms with Gasteiger partial charge in [-0.05, 0) is 6.92 Å². The minimum absolute atomic E-state index is 0.0301. The summed E-state index contributed by atoms with van der Waals surface area (Å²) in [7, 11) is 0. The monoisotopic (exact) mass is 154 g/mol. The molecule has 58 valence electrons. The highest BCUT2D eigenvalue weighted by atomic mass is 16.4. The number of ketones is 1. The summed E-state index contributed by atoms with van der Waals surface area (Å²) in [5.74, 6) is -2.47. The predicted octanol–water partition coefficient (Wildman–Crippen LogP) is -0.0146. The van der Waals surface area contributed by atoms with Gasteiger partial charge in [0.15, 0.2) is 0 Å². The zero-order chi connectivity index (χ0) is 8.43. The highest BCUT2D eigenvalue weighted by Crippen LogP contribution is 2.00. The number of rotatable bonds is 2. The fourth-order valence-corrected chi connectivity index (χ4v) is 0.689. The third kappa shape index (κ3) is 1.26. The second-order valence-electron chi connectivity index (χ2n) is 2.01. The van der Waals surface area contributed by atoms with E-state index in [0.29, 0.717) is 5.69 Å². The van der Waals surface area contributed by atoms with Gasteiger partial charge >= 0.3 is 5.97 Å². The summed E-state index contributed by atoms with van der Waals surface area (Å²) in [6.45, 7) is 1.59. The van der Waals surface area contributed by atoms with Crippen molar-refractivity contribution in [2.75, 3.05) is 0 Å². The fraction of sp³-hybridized carbons (Fsp3) is 0.167. The van der Waals surface area contributed by atoms with E-state index in [9.17, 15) is 9.59 Å². The highest BCUT2D eigenvalue weighted by molar-refractivity contribution is 6.39. The summed E-state index contributed by atoms with van der Waals surface area (Å²) in [6, 6.07) is 0. The van der Waals surface area contributed by atoms with E-state index in [-0.39, 0.29) is 5.69 Å². The number of carboxylic acid groups (broad SMARTS) is 1. The van der Waals surface area contributed by atoms with Gasteiger partial charge in [0, 0.05) is 5.69 Å². The number of imidazole rings is 1. The van der Waals surface area contributed by atoms with Crippen molar-refractivity contribution in [1.29, 1.82) is 0 Å². The number of hydrogen-bond donors (Lipinski definition) is 2. The Bertz CT molecular complexity index is 303. The summed E-state index contributed by atoms with van der Waals surface area (Å²) >= 11 is 0. The smallest absolute Gasteiger partial charge is 0.379 e. The molecule has 0 aliphatic rings. The van der Waals surface area contributed by atoms with Gasteiger partial charge in [-0.2, -0.15) is 0 Å². The molecule has 0 atom stereocenters. The summed E-state index contributed by atoms with van der Waals surface area (Å²) in [6.07, 6.45) is 1.28. The summed E-state index contributed by atoms with van der Waals surface area (Å²) < 4.78 is 0. The molecular formula is C6H6N2O3. The number of carbonyl (C=O) groups is 2. The van der Waals surface area contributed by atoms with Crippen molar-refractivity contribution in [2.24, 2.45) is 0 Å². The van der Waals surface area contributed by atoms with Crippen LogP contribution in [0.5, 0.6) is 0 Å². The van der Waals surface area contributed by atoms with Crippen LogP contribution in [0.3, 0.4) is 0 Å². The number of aryl methyl sites for hydroxylation is 1. The summed E-state index contributed by atoms with van der Waals surface area (Å²) in [5.41, 5.74) is 0.440. The second kappa shape index (κ2) is 2.53. The molecule has 5 heteroatoms. The molecule has 5 nitrogen and oxygen atoms in total. The van der Waals surface area contributed by atoms with E-state index in [1.807, 2.05) is 0 Å². The molecule has 0 bridgehead atoms. The number of carbonyl (C=O) groups excluding carboxylic acids is 1. The Hall–Kier alpha value is -1.65. The second-order valence-corrected chi connectivity index (χ2v) is 2.01. The van der Waals surface area contributed by atoms with E-state index in [4.69, 9.17) is 5.11 Å². The molecule has 0 saturated heterocycles. The van der Waals surface area contributed by atoms with Crippen molar-refractivity contribution in [3.05, 3.63) is 17.7 Å². The molecule has 0 amide bonds. The Labute approximate surface area is 62.1 Å². The summed E-state index contributed by atoms with van der Waals surface area (Å²) in [4.78, 5) is 27.1. The number of aromatic amines is 1. The molecule has 11 heavy (non-hydrogen) atoms. The zero-order valence-electron chi connectivity index (χ0n) is 5.79. The van der Waals surface area contributed by atoms with Crippen LogP contribution in [-0.2, 0) is 4.79 Å². The molecule has 1 heterocycles. The van der Waals surface area contributed by atoms with Crippen LogP contribution in [0.1, 0.15) is 16.2 Å². The van der Waals surface area contributed by atoms with E-state index in [1.165, 1.54) is 6.33 Å². The van der Waals surface area contributed by atoms with Crippen molar-refractivity contribution < 1.29 is 14.7 Å². The van der Waals surface area contributed by atoms with Crippen LogP contribution >= 0.6 is 0 Å². The molecule has 2 N–H and O–H groups in total. The number of hydrogen-bond acceptors (Lipinski definition) is 3. The maximum absolute atomic E-state index is 10.7. The lowest BCUT2D eigenvalue weighted by molar-refractivity contribution is -0.131. The largest absolute Gasteiger partial charge is 0.475 e. The minimum atomic E-state index is -1.49. The molecular weight excluding hydrogens is 148 g/mol. The number of H-pyrrole nitrogens is 1. The lowest BCUT2D eigenvalue weighted by Crippen LogP contribution is -2.14. The standard InChI is InChI=1S/C6H6N2O3/c1-3-4(8-2-7-3)5(9)6(10)11/h2H,1H3,(H,7,8)(H,10,11). The highest BCUT2D eigenvalue weighted by Gasteiger charge is 2.18. The van der Waals surface area contributed by atoms with E-state index >= 15 is 0 Å². The number of aromatic nitrogens is 2. The number of carboxylic acids is 1. The van der Waals surface area contributed by atoms with Crippen LogP contribution < -0.4 is 0 Å². The van der Waals surface area contributed by atoms with Crippen molar-refractivity contribution in [2.45, 2.75) is 6.92 Å². The van der Waals surface area contributed by atoms with Crippen LogP contribution in [0, 0.1) is 6.92 Å². The Morgan fingerprint density at radius 1 is 1.64 bits per heavy atom. The van der Waals surface area contributed by atoms with E-state index < -0.39 is 11.8 Å². The first-order chi connectivity index (χ1) is 5.13. The fourth-order valence-electron chi connectivity index (χ4n) is 0.689. The topological polar surface area (TPSA) is 83.0 Å². The van der Waals surface area contributed by atoms with E-state index in [2.05, 4.69) is 9.97 Å². The SMILES string of the molecule is Cc1[nH]cnc1C(=O)C(=O)O. The van der Waals surface area contributed by atoms with Gasteiger partial charge in [-0.15, -0.1) is 0 Å². The maximum atomic E-state index is 10.7. The Kier molecular flexibility index (Phi) is 1.72. The predicted molar refractivity (Wildman–Crippen MR) is 35.3 cm³/mol. The first-order valence-electron chi connectivity index (χ1n) is 2.90. The first-order valence-corrected chi connectivity index (χ1v) is 2.90. The van der Waals surface area contributed by atoms with Crippen molar-refractivity contribution >= 4 is 11.8 Å². The maximum Gasteiger partial charge on any atom is 0.379 e. The Morgan fingerprint density at radius 3 is 2.64 bits per heavy atom. The number of Topliss-reactive ketones (excluding diaryl/α,β-unsaturated/α-hetero) is 1. The average Bonchev–Trinajstić information content (AvgIpc) is 2.33. The van der Waals surface area contributed by atoms with Gasteiger partial charge in [0.2, 0.25) is 0 Å². The van der Waals surface area contributed by atoms with Crippen LogP contribution in [0.2, 0.25) is 0 Å². The van der Waals surface area contributed by atoms with E-state index in [0.717, 1.165) is 0 Å². The van der Waals surface area contributed by atoms with Gasteiger partial charge in [-0.1, -0.05) is 0 Å². The van der Waals surface area contributed by atoms with Crippen LogP contribution in [0.15, 0.2) is 6.33 Å². The molecule has 0 fully saturated rings. The first kappa shape index (κ1) is 7.46. The number of aliphatic carboxylic acids is 1. The molecule has 0 aliphatic carbocycles. The molecule has 1 aromatic rings. The molecule has 0 spiro atoms. The van der Waals surface area contributed by atoms with Crippen LogP contribution in [0.4, 0.5) is 0 Å². The van der Waals surface area contributed by atoms with Crippen molar-refractivity contribution in [3.63, 3.8) is 0 Å². The lowest BCUT2D eigenvalue weighted by atomic mass is 10.2. The molecule has 0 unspecified atom stereocenters. The molecule has 0 saturated carbocycles. The van der Waals surface area contributed by atoms with Gasteiger partial charge in [0.25, 0.3) is 5.78 Å². The van der Waals surface area contributed by atoms with Gasteiger partial charge in [-0.3, -0.25) is 4.79 Å². The van der Waals surface area contributed by atoms with Gasteiger partial charge < -0.3 is 10.1 Å². The van der Waals surface area contributed by atoms with Gasteiger partial charge in [0.1, 0.15) is 5.69 Å². The quantitative estimate of drug-likeness (QED) is 0.463. The Morgan fingerprint density at radius 2 is 2.27 bits per heavy atom. The van der Waals surface area contributed by atoms with Crippen LogP contribution in [-0.4, -0.2) is 26.8 Å². The average molecular weight is 154 g/mol. The third-order valence-corrected chi connectivity index (χ3v) is 1.24. The van der Waals surface area contributed by atoms with Crippen molar-refractivity contribution in [3.8, 4) is 0 Å². The molecule has 0 aromatic carbocycles. The minimum Gasteiger partial charge on any atom is -0.475 e. The molecule has 1 rings (SSSR count). The van der Waals surface area contributed by atoms with Crippen LogP contribution in [0.25, 0.3) is 0 Å². The van der Waals surface area contributed by atoms with E-state index in [1.54, 1.807) is 6.92 Å². The van der Waals surface area contributed by atoms with Gasteiger partial charge in [-0.25, -0.2) is 9.78 Å². The van der Waals surface area contributed by atoms with Gasteiger partial charge in [0.05, 0.1) is 6.33 Å². The Balaban J connectivity index is 3.02. The lowest BCUT2D eigenvalue weighted by Gasteiger charge is -1.89. The summed E-state index contributed by atoms with van der Waals surface area (Å²) in [5, 5.41) is 8.27.